The van der Waals surface area contributed by atoms with Gasteiger partial charge in [0, 0.05) is 17.7 Å². The van der Waals surface area contributed by atoms with E-state index in [4.69, 9.17) is 23.2 Å². The summed E-state index contributed by atoms with van der Waals surface area (Å²) in [4.78, 5) is 12.1. The lowest BCUT2D eigenvalue weighted by Crippen LogP contribution is -2.36. The van der Waals surface area contributed by atoms with E-state index in [1.807, 2.05) is 0 Å². The third-order valence-corrected chi connectivity index (χ3v) is 4.33. The molecule has 0 spiro atoms. The van der Waals surface area contributed by atoms with E-state index in [-0.39, 0.29) is 6.42 Å². The zero-order valence-corrected chi connectivity index (χ0v) is 11.9. The number of halogens is 2. The first kappa shape index (κ1) is 13.4. The van der Waals surface area contributed by atoms with E-state index in [1.165, 1.54) is 0 Å². The Labute approximate surface area is 126 Å². The second-order valence-electron chi connectivity index (χ2n) is 4.75. The molecule has 3 rings (SSSR count). The molecule has 0 saturated carbocycles. The van der Waals surface area contributed by atoms with Gasteiger partial charge in [-0.05, 0) is 17.7 Å². The van der Waals surface area contributed by atoms with Crippen LogP contribution in [-0.4, -0.2) is 11.0 Å². The van der Waals surface area contributed by atoms with E-state index in [0.29, 0.717) is 26.9 Å². The molecule has 1 heterocycles. The van der Waals surface area contributed by atoms with E-state index in [2.05, 4.69) is 5.32 Å². The molecule has 0 fully saturated rings. The molecular formula is C15H11Cl2NO2. The molecule has 5 heteroatoms. The summed E-state index contributed by atoms with van der Waals surface area (Å²) in [5, 5.41) is 14.2. The van der Waals surface area contributed by atoms with Gasteiger partial charge in [0.05, 0.1) is 10.0 Å². The number of hydrogen-bond acceptors (Lipinski definition) is 2. The summed E-state index contributed by atoms with van der Waals surface area (Å²) >= 11 is 12.1. The van der Waals surface area contributed by atoms with E-state index in [1.54, 1.807) is 42.5 Å². The molecule has 1 unspecified atom stereocenters. The van der Waals surface area contributed by atoms with Crippen molar-refractivity contribution in [1.82, 2.24) is 0 Å². The summed E-state index contributed by atoms with van der Waals surface area (Å²) in [5.74, 6) is -0.449. The van der Waals surface area contributed by atoms with Gasteiger partial charge in [0.2, 0.25) is 0 Å². The first-order valence-electron chi connectivity index (χ1n) is 6.08. The van der Waals surface area contributed by atoms with Crippen LogP contribution in [0.15, 0.2) is 42.5 Å². The standard InChI is InChI=1S/C15H11Cl2NO2/c16-11-6-3-4-9(13(11)17)8-15(20)10-5-1-2-7-12(10)18-14(15)19/h1-7,20H,8H2,(H,18,19). The minimum atomic E-state index is -1.62. The number of hydrogen-bond donors (Lipinski definition) is 2. The van der Waals surface area contributed by atoms with Gasteiger partial charge in [0.1, 0.15) is 0 Å². The predicted molar refractivity (Wildman–Crippen MR) is 79.1 cm³/mol. The zero-order chi connectivity index (χ0) is 14.3. The van der Waals surface area contributed by atoms with Crippen molar-refractivity contribution >= 4 is 34.8 Å². The molecular weight excluding hydrogens is 297 g/mol. The zero-order valence-electron chi connectivity index (χ0n) is 10.4. The molecule has 102 valence electrons. The van der Waals surface area contributed by atoms with E-state index >= 15 is 0 Å². The summed E-state index contributed by atoms with van der Waals surface area (Å²) in [7, 11) is 0. The maximum atomic E-state index is 12.1. The molecule has 1 amide bonds. The van der Waals surface area contributed by atoms with Crippen molar-refractivity contribution in [2.45, 2.75) is 12.0 Å². The molecule has 2 N–H and O–H groups in total. The van der Waals surface area contributed by atoms with Crippen molar-refractivity contribution in [3.63, 3.8) is 0 Å². The molecule has 0 bridgehead atoms. The molecule has 1 aliphatic heterocycles. The van der Waals surface area contributed by atoms with Crippen LogP contribution < -0.4 is 5.32 Å². The molecule has 0 aliphatic carbocycles. The van der Waals surface area contributed by atoms with Gasteiger partial charge in [-0.25, -0.2) is 0 Å². The number of rotatable bonds is 2. The minimum Gasteiger partial charge on any atom is -0.375 e. The number of benzene rings is 2. The second kappa shape index (κ2) is 4.77. The Bertz CT molecular complexity index is 702. The summed E-state index contributed by atoms with van der Waals surface area (Å²) in [6, 6.07) is 12.2. The van der Waals surface area contributed by atoms with Crippen LogP contribution in [-0.2, 0) is 16.8 Å². The molecule has 1 aliphatic rings. The quantitative estimate of drug-likeness (QED) is 0.893. The summed E-state index contributed by atoms with van der Waals surface area (Å²) in [5.41, 5.74) is 0.193. The van der Waals surface area contributed by atoms with Crippen molar-refractivity contribution in [3.05, 3.63) is 63.6 Å². The fraction of sp³-hybridized carbons (Fsp3) is 0.133. The number of aliphatic hydroxyl groups is 1. The Balaban J connectivity index is 2.05. The first-order chi connectivity index (χ1) is 9.52. The van der Waals surface area contributed by atoms with Gasteiger partial charge >= 0.3 is 0 Å². The van der Waals surface area contributed by atoms with Gasteiger partial charge in [-0.1, -0.05) is 53.5 Å². The molecule has 0 aromatic heterocycles. The van der Waals surface area contributed by atoms with Crippen LogP contribution in [0.25, 0.3) is 0 Å². The predicted octanol–water partition coefficient (Wildman–Crippen LogP) is 3.38. The molecule has 20 heavy (non-hydrogen) atoms. The number of anilines is 1. The monoisotopic (exact) mass is 307 g/mol. The van der Waals surface area contributed by atoms with E-state index < -0.39 is 11.5 Å². The second-order valence-corrected chi connectivity index (χ2v) is 5.53. The summed E-state index contributed by atoms with van der Waals surface area (Å²) < 4.78 is 0. The maximum absolute atomic E-state index is 12.1. The highest BCUT2D eigenvalue weighted by Crippen LogP contribution is 2.40. The Hall–Kier alpha value is -1.55. The highest BCUT2D eigenvalue weighted by atomic mass is 35.5. The lowest BCUT2D eigenvalue weighted by molar-refractivity contribution is -0.133. The van der Waals surface area contributed by atoms with Gasteiger partial charge in [-0.3, -0.25) is 4.79 Å². The van der Waals surface area contributed by atoms with Gasteiger partial charge in [0.15, 0.2) is 5.60 Å². The maximum Gasteiger partial charge on any atom is 0.261 e. The van der Waals surface area contributed by atoms with E-state index in [9.17, 15) is 9.90 Å². The molecule has 1 atom stereocenters. The Morgan fingerprint density at radius 2 is 1.85 bits per heavy atom. The average molecular weight is 308 g/mol. The van der Waals surface area contributed by atoms with E-state index in [0.717, 1.165) is 0 Å². The fourth-order valence-electron chi connectivity index (χ4n) is 2.44. The van der Waals surface area contributed by atoms with Crippen LogP contribution in [0.2, 0.25) is 10.0 Å². The highest BCUT2D eigenvalue weighted by Gasteiger charge is 2.45. The summed E-state index contributed by atoms with van der Waals surface area (Å²) in [6.07, 6.45) is 0.0786. The van der Waals surface area contributed by atoms with Crippen LogP contribution >= 0.6 is 23.2 Å². The number of para-hydroxylation sites is 1. The smallest absolute Gasteiger partial charge is 0.261 e. The lowest BCUT2D eigenvalue weighted by atomic mass is 9.88. The van der Waals surface area contributed by atoms with Gasteiger partial charge in [-0.15, -0.1) is 0 Å². The first-order valence-corrected chi connectivity index (χ1v) is 6.84. The van der Waals surface area contributed by atoms with Crippen molar-refractivity contribution in [2.24, 2.45) is 0 Å². The van der Waals surface area contributed by atoms with Crippen molar-refractivity contribution in [2.75, 3.05) is 5.32 Å². The highest BCUT2D eigenvalue weighted by molar-refractivity contribution is 6.42. The number of carbonyl (C=O) groups excluding carboxylic acids is 1. The fourth-order valence-corrected chi connectivity index (χ4v) is 2.82. The van der Waals surface area contributed by atoms with Crippen LogP contribution in [0.1, 0.15) is 11.1 Å². The van der Waals surface area contributed by atoms with Gasteiger partial charge in [-0.2, -0.15) is 0 Å². The van der Waals surface area contributed by atoms with Gasteiger partial charge < -0.3 is 10.4 Å². The topological polar surface area (TPSA) is 49.3 Å². The summed E-state index contributed by atoms with van der Waals surface area (Å²) in [6.45, 7) is 0. The number of amides is 1. The van der Waals surface area contributed by atoms with Crippen LogP contribution in [0.3, 0.4) is 0 Å². The average Bonchev–Trinajstić information content (AvgIpc) is 2.68. The van der Waals surface area contributed by atoms with Crippen molar-refractivity contribution in [1.29, 1.82) is 0 Å². The normalized spacial score (nSPS) is 20.6. The SMILES string of the molecule is O=C1Nc2ccccc2C1(O)Cc1cccc(Cl)c1Cl. The number of fused-ring (bicyclic) bond motifs is 1. The molecule has 2 aromatic rings. The third kappa shape index (κ3) is 1.99. The Morgan fingerprint density at radius 1 is 1.10 bits per heavy atom. The Morgan fingerprint density at radius 3 is 2.65 bits per heavy atom. The number of nitrogens with one attached hydrogen (secondary N) is 1. The van der Waals surface area contributed by atoms with Gasteiger partial charge in [0.25, 0.3) is 5.91 Å². The molecule has 2 aromatic carbocycles. The number of carbonyl (C=O) groups is 1. The molecule has 3 nitrogen and oxygen atoms in total. The van der Waals surface area contributed by atoms with Crippen LogP contribution in [0, 0.1) is 0 Å². The van der Waals surface area contributed by atoms with Crippen LogP contribution in [0.4, 0.5) is 5.69 Å². The van der Waals surface area contributed by atoms with Crippen molar-refractivity contribution < 1.29 is 9.90 Å². The largest absolute Gasteiger partial charge is 0.375 e. The Kier molecular flexibility index (Phi) is 3.21. The van der Waals surface area contributed by atoms with Crippen molar-refractivity contribution in [3.8, 4) is 0 Å². The van der Waals surface area contributed by atoms with Crippen LogP contribution in [0.5, 0.6) is 0 Å². The molecule has 0 saturated heterocycles. The third-order valence-electron chi connectivity index (χ3n) is 3.47. The molecule has 0 radical (unpaired) electrons. The lowest BCUT2D eigenvalue weighted by Gasteiger charge is -2.21. The minimum absolute atomic E-state index is 0.0786.